The molecule has 3 amide bonds. The second kappa shape index (κ2) is 8.87. The molecule has 0 spiro atoms. The number of amides is 3. The maximum Gasteiger partial charge on any atom is 0.329 e. The van der Waals surface area contributed by atoms with Gasteiger partial charge in [0.05, 0.1) is 10.7 Å². The van der Waals surface area contributed by atoms with Crippen molar-refractivity contribution < 1.29 is 23.9 Å². The first-order valence-electron chi connectivity index (χ1n) is 8.35. The number of carbonyl (C=O) groups is 3. The summed E-state index contributed by atoms with van der Waals surface area (Å²) < 4.78 is 11.2. The van der Waals surface area contributed by atoms with Crippen LogP contribution in [0.2, 0.25) is 0 Å². The molecule has 3 rings (SSSR count). The van der Waals surface area contributed by atoms with Crippen molar-refractivity contribution in [2.24, 2.45) is 0 Å². The summed E-state index contributed by atoms with van der Waals surface area (Å²) in [6, 6.07) is 14.6. The molecule has 1 fully saturated rings. The highest BCUT2D eigenvalue weighted by molar-refractivity contribution is 14.1. The van der Waals surface area contributed by atoms with Crippen LogP contribution >= 0.6 is 22.6 Å². The van der Waals surface area contributed by atoms with Crippen LogP contribution in [-0.4, -0.2) is 36.5 Å². The van der Waals surface area contributed by atoms with Gasteiger partial charge in [-0.15, -0.1) is 0 Å². The topological polar surface area (TPSA) is 84.9 Å². The number of nitrogens with one attached hydrogen (secondary N) is 1. The molecule has 0 bridgehead atoms. The standard InChI is InChI=1S/C20H17IN2O5/c1-27-18(24)11-23-19(25)16(22-20(23)26)10-14-7-8-17(15(21)9-14)28-12-13-5-3-2-4-6-13/h2-10H,11-12H2,1H3,(H,22,26)/b16-10+. The number of imide groups is 1. The number of rotatable bonds is 6. The Morgan fingerprint density at radius 1 is 1.18 bits per heavy atom. The molecule has 1 saturated heterocycles. The second-order valence-electron chi connectivity index (χ2n) is 5.92. The molecule has 28 heavy (non-hydrogen) atoms. The maximum absolute atomic E-state index is 12.3. The van der Waals surface area contributed by atoms with Crippen molar-refractivity contribution in [2.75, 3.05) is 13.7 Å². The van der Waals surface area contributed by atoms with Gasteiger partial charge in [-0.1, -0.05) is 36.4 Å². The fourth-order valence-electron chi connectivity index (χ4n) is 2.53. The van der Waals surface area contributed by atoms with Crippen LogP contribution in [0.4, 0.5) is 4.79 Å². The summed E-state index contributed by atoms with van der Waals surface area (Å²) in [5.74, 6) is -0.519. The molecule has 2 aromatic rings. The summed E-state index contributed by atoms with van der Waals surface area (Å²) in [5, 5.41) is 2.47. The van der Waals surface area contributed by atoms with E-state index in [0.29, 0.717) is 6.61 Å². The predicted molar refractivity (Wildman–Crippen MR) is 110 cm³/mol. The Hall–Kier alpha value is -2.88. The molecule has 0 aromatic heterocycles. The number of nitrogens with zero attached hydrogens (tertiary/aromatic N) is 1. The maximum atomic E-state index is 12.3. The number of carbonyl (C=O) groups excluding carboxylic acids is 3. The van der Waals surface area contributed by atoms with Gasteiger partial charge in [-0.2, -0.15) is 0 Å². The third-order valence-corrected chi connectivity index (χ3v) is 4.82. The number of esters is 1. The largest absolute Gasteiger partial charge is 0.488 e. The van der Waals surface area contributed by atoms with Crippen LogP contribution in [0.1, 0.15) is 11.1 Å². The molecule has 2 aromatic carbocycles. The summed E-state index contributed by atoms with van der Waals surface area (Å²) in [5.41, 5.74) is 1.89. The molecule has 144 valence electrons. The average Bonchev–Trinajstić information content (AvgIpc) is 2.95. The first kappa shape index (κ1) is 19.9. The van der Waals surface area contributed by atoms with Gasteiger partial charge in [-0.3, -0.25) is 9.59 Å². The Bertz CT molecular complexity index is 943. The number of ether oxygens (including phenoxy) is 2. The van der Waals surface area contributed by atoms with E-state index in [1.807, 2.05) is 42.5 Å². The first-order chi connectivity index (χ1) is 13.5. The minimum absolute atomic E-state index is 0.0997. The summed E-state index contributed by atoms with van der Waals surface area (Å²) in [6.45, 7) is 0.0244. The van der Waals surface area contributed by atoms with Gasteiger partial charge in [0.15, 0.2) is 0 Å². The molecule has 1 aliphatic rings. The van der Waals surface area contributed by atoms with Crippen LogP contribution in [-0.2, 0) is 20.9 Å². The number of halogens is 1. The summed E-state index contributed by atoms with van der Waals surface area (Å²) in [7, 11) is 1.20. The number of urea groups is 1. The van der Waals surface area contributed by atoms with E-state index in [2.05, 4.69) is 32.6 Å². The molecule has 0 atom stereocenters. The fourth-order valence-corrected chi connectivity index (χ4v) is 3.23. The lowest BCUT2D eigenvalue weighted by atomic mass is 10.2. The summed E-state index contributed by atoms with van der Waals surface area (Å²) in [6.07, 6.45) is 1.56. The van der Waals surface area contributed by atoms with Gasteiger partial charge in [0.1, 0.15) is 24.6 Å². The van der Waals surface area contributed by atoms with E-state index < -0.39 is 24.5 Å². The molecule has 1 heterocycles. The lowest BCUT2D eigenvalue weighted by Gasteiger charge is -2.09. The van der Waals surface area contributed by atoms with Gasteiger partial charge < -0.3 is 14.8 Å². The Balaban J connectivity index is 1.70. The summed E-state index contributed by atoms with van der Waals surface area (Å²) >= 11 is 2.15. The van der Waals surface area contributed by atoms with E-state index >= 15 is 0 Å². The van der Waals surface area contributed by atoms with Crippen LogP contribution in [0.25, 0.3) is 6.08 Å². The van der Waals surface area contributed by atoms with Crippen molar-refractivity contribution in [3.05, 3.63) is 68.9 Å². The molecule has 8 heteroatoms. The highest BCUT2D eigenvalue weighted by atomic mass is 127. The van der Waals surface area contributed by atoms with E-state index in [1.165, 1.54) is 7.11 Å². The van der Waals surface area contributed by atoms with Gasteiger partial charge in [0.2, 0.25) is 0 Å². The van der Waals surface area contributed by atoms with E-state index in [-0.39, 0.29) is 5.70 Å². The van der Waals surface area contributed by atoms with Gasteiger partial charge in [-0.25, -0.2) is 9.69 Å². The molecule has 0 aliphatic carbocycles. The number of hydrogen-bond acceptors (Lipinski definition) is 5. The zero-order chi connectivity index (χ0) is 20.1. The zero-order valence-corrected chi connectivity index (χ0v) is 17.1. The van der Waals surface area contributed by atoms with Gasteiger partial charge in [0, 0.05) is 0 Å². The highest BCUT2D eigenvalue weighted by Gasteiger charge is 2.35. The van der Waals surface area contributed by atoms with Gasteiger partial charge in [0.25, 0.3) is 5.91 Å². The monoisotopic (exact) mass is 492 g/mol. The smallest absolute Gasteiger partial charge is 0.329 e. The Morgan fingerprint density at radius 3 is 2.61 bits per heavy atom. The molecule has 1 N–H and O–H groups in total. The minimum Gasteiger partial charge on any atom is -0.488 e. The number of hydrogen-bond donors (Lipinski definition) is 1. The molecule has 0 unspecified atom stereocenters. The van der Waals surface area contributed by atoms with Crippen molar-refractivity contribution in [2.45, 2.75) is 6.61 Å². The zero-order valence-electron chi connectivity index (χ0n) is 15.0. The molecule has 0 saturated carbocycles. The van der Waals surface area contributed by atoms with Gasteiger partial charge in [-0.05, 0) is 51.9 Å². The minimum atomic E-state index is -0.667. The van der Waals surface area contributed by atoms with Crippen molar-refractivity contribution >= 4 is 46.6 Å². The van der Waals surface area contributed by atoms with Crippen LogP contribution < -0.4 is 10.1 Å². The average molecular weight is 492 g/mol. The molecular formula is C20H17IN2O5. The van der Waals surface area contributed by atoms with E-state index in [1.54, 1.807) is 12.1 Å². The highest BCUT2D eigenvalue weighted by Crippen LogP contribution is 2.25. The van der Waals surface area contributed by atoms with E-state index in [9.17, 15) is 14.4 Å². The van der Waals surface area contributed by atoms with Crippen molar-refractivity contribution in [3.8, 4) is 5.75 Å². The Kier molecular flexibility index (Phi) is 6.30. The second-order valence-corrected chi connectivity index (χ2v) is 7.08. The van der Waals surface area contributed by atoms with Crippen LogP contribution in [0.3, 0.4) is 0 Å². The third kappa shape index (κ3) is 4.69. The normalized spacial score (nSPS) is 14.9. The van der Waals surface area contributed by atoms with Crippen LogP contribution in [0.15, 0.2) is 54.2 Å². The van der Waals surface area contributed by atoms with Crippen molar-refractivity contribution in [3.63, 3.8) is 0 Å². The Labute approximate surface area is 175 Å². The van der Waals surface area contributed by atoms with E-state index in [0.717, 1.165) is 25.3 Å². The first-order valence-corrected chi connectivity index (χ1v) is 9.43. The lowest BCUT2D eigenvalue weighted by molar-refractivity contribution is -0.143. The SMILES string of the molecule is COC(=O)CN1C(=O)N/C(=C/c2ccc(OCc3ccccc3)c(I)c2)C1=O. The number of methoxy groups -OCH3 is 1. The molecule has 7 nitrogen and oxygen atoms in total. The van der Waals surface area contributed by atoms with Crippen LogP contribution in [0.5, 0.6) is 5.75 Å². The fraction of sp³-hybridized carbons (Fsp3) is 0.150. The predicted octanol–water partition coefficient (Wildman–Crippen LogP) is 2.94. The third-order valence-electron chi connectivity index (χ3n) is 3.98. The van der Waals surface area contributed by atoms with E-state index in [4.69, 9.17) is 4.74 Å². The number of benzene rings is 2. The molecular weight excluding hydrogens is 475 g/mol. The molecule has 0 radical (unpaired) electrons. The lowest BCUT2D eigenvalue weighted by Crippen LogP contribution is -2.36. The van der Waals surface area contributed by atoms with Crippen LogP contribution in [0, 0.1) is 3.57 Å². The van der Waals surface area contributed by atoms with Gasteiger partial charge >= 0.3 is 12.0 Å². The Morgan fingerprint density at radius 2 is 1.93 bits per heavy atom. The van der Waals surface area contributed by atoms with Crippen molar-refractivity contribution in [1.29, 1.82) is 0 Å². The quantitative estimate of drug-likeness (QED) is 0.290. The summed E-state index contributed by atoms with van der Waals surface area (Å²) in [4.78, 5) is 36.4. The molecule has 1 aliphatic heterocycles. The van der Waals surface area contributed by atoms with Crippen molar-refractivity contribution in [1.82, 2.24) is 10.2 Å².